The molecule has 17 heavy (non-hydrogen) atoms. The van der Waals surface area contributed by atoms with Crippen LogP contribution in [0.5, 0.6) is 5.75 Å². The standard InChI is InChI=1S/C13H16O4/c1-2-16-13(15)10-17-12-7-3-5-11(9-12)6-4-8-14/h3-7,9,14H,2,8,10H2,1H3/b6-4+. The highest BCUT2D eigenvalue weighted by molar-refractivity contribution is 5.71. The largest absolute Gasteiger partial charge is 0.482 e. The van der Waals surface area contributed by atoms with Gasteiger partial charge in [-0.25, -0.2) is 4.79 Å². The maximum Gasteiger partial charge on any atom is 0.344 e. The highest BCUT2D eigenvalue weighted by Crippen LogP contribution is 2.14. The summed E-state index contributed by atoms with van der Waals surface area (Å²) in [4.78, 5) is 11.1. The summed E-state index contributed by atoms with van der Waals surface area (Å²) in [6.45, 7) is 1.99. The number of carbonyl (C=O) groups is 1. The molecule has 0 amide bonds. The smallest absolute Gasteiger partial charge is 0.344 e. The fourth-order valence-electron chi connectivity index (χ4n) is 1.24. The van der Waals surface area contributed by atoms with Crippen LogP contribution in [0.4, 0.5) is 0 Å². The van der Waals surface area contributed by atoms with Gasteiger partial charge < -0.3 is 14.6 Å². The van der Waals surface area contributed by atoms with Gasteiger partial charge in [-0.3, -0.25) is 0 Å². The van der Waals surface area contributed by atoms with Gasteiger partial charge in [-0.2, -0.15) is 0 Å². The Morgan fingerprint density at radius 2 is 2.29 bits per heavy atom. The van der Waals surface area contributed by atoms with Crippen molar-refractivity contribution < 1.29 is 19.4 Å². The second-order valence-corrected chi connectivity index (χ2v) is 3.25. The highest BCUT2D eigenvalue weighted by Gasteiger charge is 2.02. The Kier molecular flexibility index (Phi) is 5.82. The van der Waals surface area contributed by atoms with Crippen LogP contribution in [0.3, 0.4) is 0 Å². The van der Waals surface area contributed by atoms with E-state index in [9.17, 15) is 4.79 Å². The highest BCUT2D eigenvalue weighted by atomic mass is 16.6. The van der Waals surface area contributed by atoms with E-state index in [-0.39, 0.29) is 19.2 Å². The first-order valence-electron chi connectivity index (χ1n) is 5.42. The van der Waals surface area contributed by atoms with E-state index in [1.54, 1.807) is 31.2 Å². The van der Waals surface area contributed by atoms with Gasteiger partial charge in [0, 0.05) is 0 Å². The maximum atomic E-state index is 11.1. The first kappa shape index (κ1) is 13.3. The van der Waals surface area contributed by atoms with E-state index in [0.717, 1.165) is 5.56 Å². The number of carbonyl (C=O) groups excluding carboxylic acids is 1. The van der Waals surface area contributed by atoms with Gasteiger partial charge in [0.2, 0.25) is 0 Å². The van der Waals surface area contributed by atoms with Crippen molar-refractivity contribution in [2.24, 2.45) is 0 Å². The second-order valence-electron chi connectivity index (χ2n) is 3.25. The number of aliphatic hydroxyl groups excluding tert-OH is 1. The molecule has 0 saturated heterocycles. The van der Waals surface area contributed by atoms with Crippen molar-refractivity contribution in [1.82, 2.24) is 0 Å². The summed E-state index contributed by atoms with van der Waals surface area (Å²) in [5, 5.41) is 8.65. The topological polar surface area (TPSA) is 55.8 Å². The molecule has 0 aliphatic carbocycles. The molecular formula is C13H16O4. The Labute approximate surface area is 100 Å². The molecule has 92 valence electrons. The molecule has 0 spiro atoms. The van der Waals surface area contributed by atoms with Crippen molar-refractivity contribution in [3.8, 4) is 5.75 Å². The van der Waals surface area contributed by atoms with Gasteiger partial charge in [0.25, 0.3) is 0 Å². The van der Waals surface area contributed by atoms with E-state index in [1.807, 2.05) is 12.1 Å². The molecule has 0 saturated carbocycles. The Bertz CT molecular complexity index is 385. The van der Waals surface area contributed by atoms with Gasteiger partial charge in [0.05, 0.1) is 13.2 Å². The Morgan fingerprint density at radius 1 is 1.47 bits per heavy atom. The molecule has 0 radical (unpaired) electrons. The minimum Gasteiger partial charge on any atom is -0.482 e. The van der Waals surface area contributed by atoms with E-state index in [4.69, 9.17) is 14.6 Å². The Morgan fingerprint density at radius 3 is 3.00 bits per heavy atom. The van der Waals surface area contributed by atoms with Gasteiger partial charge in [-0.1, -0.05) is 24.3 Å². The van der Waals surface area contributed by atoms with Crippen LogP contribution in [0.1, 0.15) is 12.5 Å². The van der Waals surface area contributed by atoms with Gasteiger partial charge in [0.1, 0.15) is 5.75 Å². The normalized spacial score (nSPS) is 10.5. The molecule has 1 aromatic rings. The van der Waals surface area contributed by atoms with E-state index >= 15 is 0 Å². The number of hydrogen-bond acceptors (Lipinski definition) is 4. The lowest BCUT2D eigenvalue weighted by Gasteiger charge is -2.06. The minimum absolute atomic E-state index is 0.00604. The van der Waals surface area contributed by atoms with E-state index in [2.05, 4.69) is 0 Å². The molecule has 4 heteroatoms. The summed E-state index contributed by atoms with van der Waals surface area (Å²) in [5.41, 5.74) is 0.903. The van der Waals surface area contributed by atoms with E-state index in [0.29, 0.717) is 12.4 Å². The molecule has 0 bridgehead atoms. The number of rotatable bonds is 6. The first-order valence-corrected chi connectivity index (χ1v) is 5.42. The Hall–Kier alpha value is -1.81. The Balaban J connectivity index is 2.53. The summed E-state index contributed by atoms with van der Waals surface area (Å²) in [6.07, 6.45) is 3.40. The van der Waals surface area contributed by atoms with E-state index in [1.165, 1.54) is 0 Å². The first-order chi connectivity index (χ1) is 8.26. The third kappa shape index (κ3) is 5.17. The molecule has 0 aliphatic rings. The van der Waals surface area contributed by atoms with Gasteiger partial charge in [0.15, 0.2) is 6.61 Å². The average Bonchev–Trinajstić information content (AvgIpc) is 2.35. The van der Waals surface area contributed by atoms with Crippen LogP contribution in [-0.2, 0) is 9.53 Å². The molecule has 0 atom stereocenters. The van der Waals surface area contributed by atoms with Crippen LogP contribution in [0, 0.1) is 0 Å². The van der Waals surface area contributed by atoms with Crippen LogP contribution < -0.4 is 4.74 Å². The lowest BCUT2D eigenvalue weighted by Crippen LogP contribution is -2.14. The summed E-state index contributed by atoms with van der Waals surface area (Å²) in [7, 11) is 0. The zero-order valence-corrected chi connectivity index (χ0v) is 9.76. The summed E-state index contributed by atoms with van der Waals surface area (Å²) in [5.74, 6) is 0.210. The second kappa shape index (κ2) is 7.46. The summed E-state index contributed by atoms with van der Waals surface area (Å²) < 4.78 is 10.0. The maximum absolute atomic E-state index is 11.1. The van der Waals surface area contributed by atoms with Gasteiger partial charge >= 0.3 is 5.97 Å². The number of aliphatic hydroxyl groups is 1. The third-order valence-corrected chi connectivity index (χ3v) is 1.94. The molecule has 0 aromatic heterocycles. The van der Waals surface area contributed by atoms with Crippen molar-refractivity contribution in [2.45, 2.75) is 6.92 Å². The predicted molar refractivity (Wildman–Crippen MR) is 64.7 cm³/mol. The third-order valence-electron chi connectivity index (χ3n) is 1.94. The minimum atomic E-state index is -0.385. The van der Waals surface area contributed by atoms with Crippen molar-refractivity contribution in [3.05, 3.63) is 35.9 Å². The van der Waals surface area contributed by atoms with Crippen LogP contribution in [0.25, 0.3) is 6.08 Å². The molecule has 1 N–H and O–H groups in total. The fourth-order valence-corrected chi connectivity index (χ4v) is 1.24. The average molecular weight is 236 g/mol. The number of ether oxygens (including phenoxy) is 2. The molecule has 4 nitrogen and oxygen atoms in total. The summed E-state index contributed by atoms with van der Waals surface area (Å²) >= 11 is 0. The SMILES string of the molecule is CCOC(=O)COc1cccc(/C=C/CO)c1. The molecule has 0 fully saturated rings. The molecular weight excluding hydrogens is 220 g/mol. The van der Waals surface area contributed by atoms with Crippen molar-refractivity contribution in [3.63, 3.8) is 0 Å². The van der Waals surface area contributed by atoms with E-state index < -0.39 is 0 Å². The zero-order valence-electron chi connectivity index (χ0n) is 9.76. The lowest BCUT2D eigenvalue weighted by atomic mass is 10.2. The summed E-state index contributed by atoms with van der Waals surface area (Å²) in [6, 6.07) is 7.24. The monoisotopic (exact) mass is 236 g/mol. The van der Waals surface area contributed by atoms with Crippen molar-refractivity contribution in [2.75, 3.05) is 19.8 Å². The van der Waals surface area contributed by atoms with Crippen LogP contribution in [-0.4, -0.2) is 30.9 Å². The number of hydrogen-bond donors (Lipinski definition) is 1. The fraction of sp³-hybridized carbons (Fsp3) is 0.308. The van der Waals surface area contributed by atoms with Gasteiger partial charge in [-0.15, -0.1) is 0 Å². The molecule has 1 rings (SSSR count). The van der Waals surface area contributed by atoms with Crippen molar-refractivity contribution in [1.29, 1.82) is 0 Å². The molecule has 0 heterocycles. The molecule has 0 aliphatic heterocycles. The predicted octanol–water partition coefficient (Wildman–Crippen LogP) is 1.63. The lowest BCUT2D eigenvalue weighted by molar-refractivity contribution is -0.145. The number of benzene rings is 1. The number of esters is 1. The van der Waals surface area contributed by atoms with Crippen molar-refractivity contribution >= 4 is 12.0 Å². The molecule has 0 unspecified atom stereocenters. The zero-order chi connectivity index (χ0) is 12.5. The van der Waals surface area contributed by atoms with Crippen LogP contribution >= 0.6 is 0 Å². The quantitative estimate of drug-likeness (QED) is 0.763. The van der Waals surface area contributed by atoms with Crippen LogP contribution in [0.15, 0.2) is 30.3 Å². The van der Waals surface area contributed by atoms with Crippen LogP contribution in [0.2, 0.25) is 0 Å². The van der Waals surface area contributed by atoms with Gasteiger partial charge in [-0.05, 0) is 24.6 Å². The molecule has 1 aromatic carbocycles.